The summed E-state index contributed by atoms with van der Waals surface area (Å²) in [5.41, 5.74) is 0. The largest absolute Gasteiger partial charge is 0.392 e. The quantitative estimate of drug-likeness (QED) is 0.806. The van der Waals surface area contributed by atoms with Gasteiger partial charge in [0.2, 0.25) is 5.89 Å². The summed E-state index contributed by atoms with van der Waals surface area (Å²) in [6, 6.07) is 0.0302. The standard InChI is InChI=1S/C10H15N3O2S/c14-6-4-7(11-5-6)10-12-9(13-15-10)8-2-1-3-16-8/h6-8,11,14H,1-5H2/t6-,7+,8?/m0/s1. The van der Waals surface area contributed by atoms with Crippen molar-refractivity contribution >= 4 is 11.8 Å². The van der Waals surface area contributed by atoms with E-state index in [2.05, 4.69) is 15.5 Å². The highest BCUT2D eigenvalue weighted by molar-refractivity contribution is 7.99. The second-order valence-electron chi connectivity index (χ2n) is 4.34. The van der Waals surface area contributed by atoms with Gasteiger partial charge in [0.1, 0.15) is 0 Å². The van der Waals surface area contributed by atoms with E-state index in [9.17, 15) is 5.11 Å². The van der Waals surface area contributed by atoms with Gasteiger partial charge >= 0.3 is 0 Å². The normalized spacial score (nSPS) is 34.7. The summed E-state index contributed by atoms with van der Waals surface area (Å²) in [6.45, 7) is 0.612. The molecule has 5 nitrogen and oxygen atoms in total. The summed E-state index contributed by atoms with van der Waals surface area (Å²) in [5, 5.41) is 17.0. The average molecular weight is 241 g/mol. The molecule has 0 radical (unpaired) electrons. The summed E-state index contributed by atoms with van der Waals surface area (Å²) in [5.74, 6) is 2.63. The SMILES string of the molecule is O[C@@H]1CN[C@@H](c2nc(C3CCCS3)no2)C1. The maximum absolute atomic E-state index is 9.42. The van der Waals surface area contributed by atoms with Crippen molar-refractivity contribution in [1.29, 1.82) is 0 Å². The molecule has 0 spiro atoms. The molecule has 3 heterocycles. The van der Waals surface area contributed by atoms with E-state index in [4.69, 9.17) is 4.52 Å². The van der Waals surface area contributed by atoms with E-state index in [1.54, 1.807) is 0 Å². The van der Waals surface area contributed by atoms with E-state index in [1.807, 2.05) is 11.8 Å². The van der Waals surface area contributed by atoms with Crippen LogP contribution in [-0.4, -0.2) is 33.6 Å². The molecule has 0 bridgehead atoms. The van der Waals surface area contributed by atoms with Crippen molar-refractivity contribution in [3.8, 4) is 0 Å². The zero-order valence-corrected chi connectivity index (χ0v) is 9.74. The van der Waals surface area contributed by atoms with Crippen molar-refractivity contribution in [2.75, 3.05) is 12.3 Å². The predicted octanol–water partition coefficient (Wildman–Crippen LogP) is 1.03. The Morgan fingerprint density at radius 3 is 3.12 bits per heavy atom. The Hall–Kier alpha value is -0.590. The Morgan fingerprint density at radius 2 is 2.44 bits per heavy atom. The maximum atomic E-state index is 9.42. The van der Waals surface area contributed by atoms with Gasteiger partial charge in [-0.05, 0) is 25.0 Å². The third kappa shape index (κ3) is 1.97. The zero-order chi connectivity index (χ0) is 11.0. The number of nitrogens with one attached hydrogen (secondary N) is 1. The lowest BCUT2D eigenvalue weighted by Gasteiger charge is -2.02. The molecule has 0 aromatic carbocycles. The number of β-amino-alcohol motifs (C(OH)–C–C–N with tert-alkyl or cyclic N) is 1. The summed E-state index contributed by atoms with van der Waals surface area (Å²) >= 11 is 1.90. The van der Waals surface area contributed by atoms with E-state index >= 15 is 0 Å². The molecule has 1 aromatic rings. The molecule has 0 saturated carbocycles. The van der Waals surface area contributed by atoms with Crippen LogP contribution in [0.2, 0.25) is 0 Å². The number of nitrogens with zero attached hydrogens (tertiary/aromatic N) is 2. The Kier molecular flexibility index (Phi) is 2.87. The molecule has 3 atom stereocenters. The van der Waals surface area contributed by atoms with Crippen LogP contribution in [0.25, 0.3) is 0 Å². The molecular weight excluding hydrogens is 226 g/mol. The highest BCUT2D eigenvalue weighted by atomic mass is 32.2. The molecule has 88 valence electrons. The van der Waals surface area contributed by atoms with Gasteiger partial charge in [-0.15, -0.1) is 0 Å². The number of thioether (sulfide) groups is 1. The second-order valence-corrected chi connectivity index (χ2v) is 5.65. The van der Waals surface area contributed by atoms with E-state index in [1.165, 1.54) is 12.2 Å². The first-order valence-electron chi connectivity index (χ1n) is 5.69. The first-order valence-corrected chi connectivity index (χ1v) is 6.74. The van der Waals surface area contributed by atoms with Gasteiger partial charge in [0, 0.05) is 6.54 Å². The molecule has 6 heteroatoms. The third-order valence-electron chi connectivity index (χ3n) is 3.08. The van der Waals surface area contributed by atoms with Crippen molar-refractivity contribution in [2.45, 2.75) is 36.7 Å². The van der Waals surface area contributed by atoms with Crippen molar-refractivity contribution in [1.82, 2.24) is 15.5 Å². The molecule has 1 aromatic heterocycles. The minimum atomic E-state index is -0.291. The average Bonchev–Trinajstić information content (AvgIpc) is 2.97. The lowest BCUT2D eigenvalue weighted by Crippen LogP contribution is -2.15. The molecular formula is C10H15N3O2S. The molecule has 2 aliphatic heterocycles. The van der Waals surface area contributed by atoms with E-state index in [0.29, 0.717) is 24.1 Å². The van der Waals surface area contributed by atoms with Crippen LogP contribution in [-0.2, 0) is 0 Å². The Labute approximate surface area is 98.0 Å². The Bertz CT molecular complexity index is 365. The molecule has 2 fully saturated rings. The lowest BCUT2D eigenvalue weighted by molar-refractivity contribution is 0.191. The van der Waals surface area contributed by atoms with Gasteiger partial charge in [-0.25, -0.2) is 0 Å². The number of hydrogen-bond acceptors (Lipinski definition) is 6. The van der Waals surface area contributed by atoms with Crippen molar-refractivity contribution in [3.63, 3.8) is 0 Å². The monoisotopic (exact) mass is 241 g/mol. The van der Waals surface area contributed by atoms with Crippen molar-refractivity contribution in [3.05, 3.63) is 11.7 Å². The van der Waals surface area contributed by atoms with E-state index in [0.717, 1.165) is 12.2 Å². The van der Waals surface area contributed by atoms with Crippen LogP contribution < -0.4 is 5.32 Å². The topological polar surface area (TPSA) is 71.2 Å². The third-order valence-corrected chi connectivity index (χ3v) is 4.45. The molecule has 3 rings (SSSR count). The van der Waals surface area contributed by atoms with Gasteiger partial charge < -0.3 is 14.9 Å². The van der Waals surface area contributed by atoms with Crippen LogP contribution in [0.15, 0.2) is 4.52 Å². The number of aliphatic hydroxyl groups is 1. The number of rotatable bonds is 2. The van der Waals surface area contributed by atoms with Crippen LogP contribution >= 0.6 is 11.8 Å². The highest BCUT2D eigenvalue weighted by Gasteiger charge is 2.30. The summed E-state index contributed by atoms with van der Waals surface area (Å²) in [4.78, 5) is 4.44. The van der Waals surface area contributed by atoms with Crippen LogP contribution in [0.3, 0.4) is 0 Å². The van der Waals surface area contributed by atoms with Gasteiger partial charge in [-0.1, -0.05) is 5.16 Å². The van der Waals surface area contributed by atoms with Crippen molar-refractivity contribution < 1.29 is 9.63 Å². The smallest absolute Gasteiger partial charge is 0.243 e. The molecule has 16 heavy (non-hydrogen) atoms. The van der Waals surface area contributed by atoms with Gasteiger partial charge in [-0.2, -0.15) is 16.7 Å². The molecule has 0 aliphatic carbocycles. The Balaban J connectivity index is 1.72. The first-order chi connectivity index (χ1) is 7.83. The van der Waals surface area contributed by atoms with Gasteiger partial charge in [0.05, 0.1) is 17.4 Å². The number of aliphatic hydroxyl groups excluding tert-OH is 1. The Morgan fingerprint density at radius 1 is 1.50 bits per heavy atom. The fourth-order valence-electron chi connectivity index (χ4n) is 2.21. The molecule has 0 amide bonds. The molecule has 2 aliphatic rings. The molecule has 2 N–H and O–H groups in total. The minimum absolute atomic E-state index is 0.0302. The van der Waals surface area contributed by atoms with Gasteiger partial charge in [-0.3, -0.25) is 0 Å². The fraction of sp³-hybridized carbons (Fsp3) is 0.800. The zero-order valence-electron chi connectivity index (χ0n) is 8.93. The first kappa shape index (κ1) is 10.6. The maximum Gasteiger partial charge on any atom is 0.243 e. The van der Waals surface area contributed by atoms with Crippen LogP contribution in [0.5, 0.6) is 0 Å². The summed E-state index contributed by atoms with van der Waals surface area (Å²) in [6.07, 6.45) is 2.75. The minimum Gasteiger partial charge on any atom is -0.392 e. The molecule has 2 saturated heterocycles. The van der Waals surface area contributed by atoms with Gasteiger partial charge in [0.25, 0.3) is 0 Å². The highest BCUT2D eigenvalue weighted by Crippen LogP contribution is 2.38. The predicted molar refractivity (Wildman–Crippen MR) is 60.1 cm³/mol. The second kappa shape index (κ2) is 4.35. The van der Waals surface area contributed by atoms with Crippen LogP contribution in [0.1, 0.15) is 42.3 Å². The van der Waals surface area contributed by atoms with E-state index in [-0.39, 0.29) is 12.1 Å². The summed E-state index contributed by atoms with van der Waals surface area (Å²) < 4.78 is 5.26. The number of hydrogen-bond donors (Lipinski definition) is 2. The fourth-order valence-corrected chi connectivity index (χ4v) is 3.40. The van der Waals surface area contributed by atoms with Gasteiger partial charge in [0.15, 0.2) is 5.82 Å². The van der Waals surface area contributed by atoms with E-state index < -0.39 is 0 Å². The number of aromatic nitrogens is 2. The lowest BCUT2D eigenvalue weighted by atomic mass is 10.2. The van der Waals surface area contributed by atoms with Crippen LogP contribution in [0, 0.1) is 0 Å². The van der Waals surface area contributed by atoms with Crippen molar-refractivity contribution in [2.24, 2.45) is 0 Å². The summed E-state index contributed by atoms with van der Waals surface area (Å²) in [7, 11) is 0. The van der Waals surface area contributed by atoms with Crippen LogP contribution in [0.4, 0.5) is 0 Å². The molecule has 1 unspecified atom stereocenters.